The fourth-order valence-electron chi connectivity index (χ4n) is 2.57. The lowest BCUT2D eigenvalue weighted by molar-refractivity contribution is -0.122. The van der Waals surface area contributed by atoms with Crippen LogP contribution in [0.2, 0.25) is 0 Å². The Bertz CT molecular complexity index is 537. The first-order valence-corrected chi connectivity index (χ1v) is 7.98. The van der Waals surface area contributed by atoms with Gasteiger partial charge in [0, 0.05) is 12.1 Å². The Labute approximate surface area is 132 Å². The molecule has 0 aliphatic heterocycles. The number of carbonyl (C=O) groups is 2. The molecule has 0 heterocycles. The van der Waals surface area contributed by atoms with Crippen LogP contribution in [0.15, 0.2) is 42.0 Å². The first-order valence-electron chi connectivity index (χ1n) is 7.98. The lowest BCUT2D eigenvalue weighted by atomic mass is 9.97. The van der Waals surface area contributed by atoms with Crippen molar-refractivity contribution >= 4 is 11.8 Å². The van der Waals surface area contributed by atoms with Crippen LogP contribution in [0.4, 0.5) is 0 Å². The van der Waals surface area contributed by atoms with Crippen molar-refractivity contribution in [1.29, 1.82) is 0 Å². The van der Waals surface area contributed by atoms with Crippen LogP contribution < -0.4 is 10.6 Å². The van der Waals surface area contributed by atoms with Crippen LogP contribution in [0.1, 0.15) is 49.4 Å². The smallest absolute Gasteiger partial charge is 0.251 e. The number of amides is 2. The molecular formula is C18H24N2O2. The number of hydrogen-bond acceptors (Lipinski definition) is 2. The second-order valence-electron chi connectivity index (χ2n) is 5.71. The van der Waals surface area contributed by atoms with E-state index in [0.29, 0.717) is 12.1 Å². The van der Waals surface area contributed by atoms with E-state index in [4.69, 9.17) is 0 Å². The summed E-state index contributed by atoms with van der Waals surface area (Å²) in [5.41, 5.74) is 2.00. The number of benzene rings is 1. The molecule has 0 saturated heterocycles. The molecule has 2 amide bonds. The topological polar surface area (TPSA) is 58.2 Å². The molecule has 4 nitrogen and oxygen atoms in total. The normalized spacial score (nSPS) is 15.6. The molecule has 1 aromatic rings. The van der Waals surface area contributed by atoms with Gasteiger partial charge in [0.1, 0.15) is 6.04 Å². The van der Waals surface area contributed by atoms with Crippen molar-refractivity contribution in [3.05, 3.63) is 47.5 Å². The van der Waals surface area contributed by atoms with E-state index in [2.05, 4.69) is 16.7 Å². The second kappa shape index (κ2) is 8.37. The Kier molecular flexibility index (Phi) is 6.19. The van der Waals surface area contributed by atoms with Gasteiger partial charge in [-0.3, -0.25) is 9.59 Å². The minimum atomic E-state index is -0.534. The predicted octanol–water partition coefficient (Wildman–Crippen LogP) is 2.81. The Morgan fingerprint density at radius 1 is 1.18 bits per heavy atom. The SMILES string of the molecule is C[C@@H](NC(=O)c1ccccc1)C(=O)NCCC1=CCCCC1. The largest absolute Gasteiger partial charge is 0.354 e. The van der Waals surface area contributed by atoms with Gasteiger partial charge in [-0.05, 0) is 51.2 Å². The van der Waals surface area contributed by atoms with Crippen molar-refractivity contribution in [3.63, 3.8) is 0 Å². The summed E-state index contributed by atoms with van der Waals surface area (Å²) in [6.45, 7) is 2.34. The molecule has 0 fully saturated rings. The maximum Gasteiger partial charge on any atom is 0.251 e. The van der Waals surface area contributed by atoms with E-state index >= 15 is 0 Å². The van der Waals surface area contributed by atoms with Crippen LogP contribution in [0.3, 0.4) is 0 Å². The quantitative estimate of drug-likeness (QED) is 0.794. The van der Waals surface area contributed by atoms with E-state index < -0.39 is 6.04 Å². The van der Waals surface area contributed by atoms with E-state index in [1.807, 2.05) is 6.07 Å². The third kappa shape index (κ3) is 5.02. The molecule has 22 heavy (non-hydrogen) atoms. The summed E-state index contributed by atoms with van der Waals surface area (Å²) < 4.78 is 0. The van der Waals surface area contributed by atoms with Gasteiger partial charge >= 0.3 is 0 Å². The fraction of sp³-hybridized carbons (Fsp3) is 0.444. The van der Waals surface area contributed by atoms with Crippen LogP contribution in [0.25, 0.3) is 0 Å². The van der Waals surface area contributed by atoms with Gasteiger partial charge in [0.15, 0.2) is 0 Å². The van der Waals surface area contributed by atoms with Crippen molar-refractivity contribution in [3.8, 4) is 0 Å². The summed E-state index contributed by atoms with van der Waals surface area (Å²) in [6, 6.07) is 8.39. The van der Waals surface area contributed by atoms with E-state index in [1.165, 1.54) is 18.4 Å². The standard InChI is InChI=1S/C18H24N2O2/c1-14(20-18(22)16-10-6-3-7-11-16)17(21)19-13-12-15-8-4-2-5-9-15/h3,6-8,10-11,14H,2,4-5,9,12-13H2,1H3,(H,19,21)(H,20,22)/t14-/m1/s1. The van der Waals surface area contributed by atoms with Crippen molar-refractivity contribution in [1.82, 2.24) is 10.6 Å². The van der Waals surface area contributed by atoms with Crippen molar-refractivity contribution in [2.24, 2.45) is 0 Å². The average Bonchev–Trinajstić information content (AvgIpc) is 2.56. The summed E-state index contributed by atoms with van der Waals surface area (Å²) in [5, 5.41) is 5.61. The Balaban J connectivity index is 1.72. The molecule has 0 saturated carbocycles. The highest BCUT2D eigenvalue weighted by Crippen LogP contribution is 2.19. The van der Waals surface area contributed by atoms with E-state index in [1.54, 1.807) is 31.2 Å². The Morgan fingerprint density at radius 2 is 1.95 bits per heavy atom. The third-order valence-electron chi connectivity index (χ3n) is 3.91. The highest BCUT2D eigenvalue weighted by atomic mass is 16.2. The van der Waals surface area contributed by atoms with Gasteiger partial charge in [-0.25, -0.2) is 0 Å². The molecule has 2 rings (SSSR count). The van der Waals surface area contributed by atoms with Crippen LogP contribution in [-0.4, -0.2) is 24.4 Å². The highest BCUT2D eigenvalue weighted by molar-refractivity contribution is 5.97. The molecule has 0 aromatic heterocycles. The third-order valence-corrected chi connectivity index (χ3v) is 3.91. The summed E-state index contributed by atoms with van der Waals surface area (Å²) >= 11 is 0. The van der Waals surface area contributed by atoms with Crippen LogP contribution in [-0.2, 0) is 4.79 Å². The Hall–Kier alpha value is -2.10. The fourth-order valence-corrected chi connectivity index (χ4v) is 2.57. The molecule has 0 unspecified atom stereocenters. The zero-order valence-electron chi connectivity index (χ0n) is 13.1. The monoisotopic (exact) mass is 300 g/mol. The molecular weight excluding hydrogens is 276 g/mol. The first kappa shape index (κ1) is 16.3. The maximum absolute atomic E-state index is 12.0. The zero-order chi connectivity index (χ0) is 15.8. The molecule has 4 heteroatoms. The van der Waals surface area contributed by atoms with Crippen LogP contribution in [0, 0.1) is 0 Å². The lowest BCUT2D eigenvalue weighted by Gasteiger charge is -2.16. The molecule has 0 bridgehead atoms. The summed E-state index contributed by atoms with van der Waals surface area (Å²) in [5.74, 6) is -0.362. The number of carbonyl (C=O) groups excluding carboxylic acids is 2. The van der Waals surface area contributed by atoms with Gasteiger partial charge < -0.3 is 10.6 Å². The number of nitrogens with one attached hydrogen (secondary N) is 2. The van der Waals surface area contributed by atoms with Crippen molar-refractivity contribution in [2.75, 3.05) is 6.54 Å². The molecule has 118 valence electrons. The van der Waals surface area contributed by atoms with E-state index in [9.17, 15) is 9.59 Å². The minimum absolute atomic E-state index is 0.138. The van der Waals surface area contributed by atoms with Crippen molar-refractivity contribution in [2.45, 2.75) is 45.1 Å². The zero-order valence-corrected chi connectivity index (χ0v) is 13.1. The van der Waals surface area contributed by atoms with Crippen LogP contribution >= 0.6 is 0 Å². The van der Waals surface area contributed by atoms with Gasteiger partial charge in [0.2, 0.25) is 5.91 Å². The molecule has 1 atom stereocenters. The van der Waals surface area contributed by atoms with E-state index in [0.717, 1.165) is 19.3 Å². The highest BCUT2D eigenvalue weighted by Gasteiger charge is 2.16. The lowest BCUT2D eigenvalue weighted by Crippen LogP contribution is -2.45. The minimum Gasteiger partial charge on any atom is -0.354 e. The molecule has 0 radical (unpaired) electrons. The predicted molar refractivity (Wildman–Crippen MR) is 87.5 cm³/mol. The van der Waals surface area contributed by atoms with Gasteiger partial charge in [-0.2, -0.15) is 0 Å². The first-order chi connectivity index (χ1) is 10.7. The number of rotatable bonds is 6. The number of hydrogen-bond donors (Lipinski definition) is 2. The number of allylic oxidation sites excluding steroid dienone is 1. The van der Waals surface area contributed by atoms with Gasteiger partial charge in [-0.1, -0.05) is 29.8 Å². The molecule has 1 aliphatic carbocycles. The summed E-state index contributed by atoms with van der Waals surface area (Å²) in [7, 11) is 0. The molecule has 0 spiro atoms. The summed E-state index contributed by atoms with van der Waals surface area (Å²) in [4.78, 5) is 24.0. The molecule has 2 N–H and O–H groups in total. The summed E-state index contributed by atoms with van der Waals surface area (Å²) in [6.07, 6.45) is 8.03. The van der Waals surface area contributed by atoms with Gasteiger partial charge in [0.05, 0.1) is 0 Å². The maximum atomic E-state index is 12.0. The van der Waals surface area contributed by atoms with Gasteiger partial charge in [0.25, 0.3) is 5.91 Å². The van der Waals surface area contributed by atoms with E-state index in [-0.39, 0.29) is 11.8 Å². The molecule has 1 aromatic carbocycles. The average molecular weight is 300 g/mol. The second-order valence-corrected chi connectivity index (χ2v) is 5.71. The van der Waals surface area contributed by atoms with Crippen molar-refractivity contribution < 1.29 is 9.59 Å². The van der Waals surface area contributed by atoms with Crippen LogP contribution in [0.5, 0.6) is 0 Å². The molecule has 1 aliphatic rings. The Morgan fingerprint density at radius 3 is 2.64 bits per heavy atom. The van der Waals surface area contributed by atoms with Gasteiger partial charge in [-0.15, -0.1) is 0 Å².